The lowest BCUT2D eigenvalue weighted by atomic mass is 9.75. The number of unbranched alkanes of at least 4 members (excludes halogenated alkanes) is 1. The van der Waals surface area contributed by atoms with Gasteiger partial charge in [0.2, 0.25) is 0 Å². The summed E-state index contributed by atoms with van der Waals surface area (Å²) < 4.78 is 27.4. The average Bonchev–Trinajstić information content (AvgIpc) is 3.94. The summed E-state index contributed by atoms with van der Waals surface area (Å²) in [5.41, 5.74) is -0.664. The second kappa shape index (κ2) is 22.4. The molecular weight excluding hydrogens is 855 g/mol. The maximum atomic E-state index is 14.4. The number of aromatic nitrogens is 3. The molecule has 0 aliphatic carbocycles. The predicted molar refractivity (Wildman–Crippen MR) is 242 cm³/mol. The minimum absolute atomic E-state index is 0.0792. The Labute approximate surface area is 388 Å². The molecule has 4 aliphatic heterocycles. The smallest absolute Gasteiger partial charge is 0.316 e. The first-order valence-electron chi connectivity index (χ1n) is 23.9. The molecule has 0 saturated carbocycles. The highest BCUT2D eigenvalue weighted by Gasteiger charge is 2.55. The van der Waals surface area contributed by atoms with Crippen LogP contribution in [0.5, 0.6) is 0 Å². The maximum Gasteiger partial charge on any atom is 0.316 e. The van der Waals surface area contributed by atoms with Gasteiger partial charge in [0.25, 0.3) is 5.69 Å². The normalized spacial score (nSPS) is 36.6. The van der Waals surface area contributed by atoms with Crippen molar-refractivity contribution in [1.29, 1.82) is 0 Å². The van der Waals surface area contributed by atoms with E-state index in [1.54, 1.807) is 32.9 Å². The Balaban J connectivity index is 1.16. The van der Waals surface area contributed by atoms with E-state index in [2.05, 4.69) is 25.7 Å². The second-order valence-electron chi connectivity index (χ2n) is 19.6. The fourth-order valence-corrected chi connectivity index (χ4v) is 10.2. The Bertz CT molecular complexity index is 1960. The molecular formula is C47H73N7O12. The number of non-ortho nitro benzene ring substituents is 1. The number of aliphatic hydroxyl groups is 3. The Kier molecular flexibility index (Phi) is 17.5. The van der Waals surface area contributed by atoms with E-state index >= 15 is 0 Å². The van der Waals surface area contributed by atoms with Crippen LogP contribution in [0.3, 0.4) is 0 Å². The molecule has 14 atom stereocenters. The number of nitrogens with zero attached hydrogens (tertiary/aromatic N) is 6. The number of nitrogens with one attached hydrogen (secondary N) is 1. The second-order valence-corrected chi connectivity index (χ2v) is 19.6. The number of benzene rings is 1. The van der Waals surface area contributed by atoms with Crippen molar-refractivity contribution in [2.24, 2.45) is 28.8 Å². The van der Waals surface area contributed by atoms with Crippen LogP contribution in [-0.2, 0) is 52.8 Å². The number of nitro groups is 1. The molecule has 4 saturated heterocycles. The highest BCUT2D eigenvalue weighted by Crippen LogP contribution is 2.43. The number of likely N-dealkylation sites (N-methyl/N-ethyl adjacent to an activating group) is 1. The third-order valence-electron chi connectivity index (χ3n) is 14.4. The molecule has 1 aromatic carbocycles. The van der Waals surface area contributed by atoms with Crippen LogP contribution in [0.15, 0.2) is 35.6 Å². The quantitative estimate of drug-likeness (QED) is 0.0653. The van der Waals surface area contributed by atoms with E-state index in [4.69, 9.17) is 23.8 Å². The van der Waals surface area contributed by atoms with E-state index in [1.165, 1.54) is 26.0 Å². The summed E-state index contributed by atoms with van der Waals surface area (Å²) in [6.45, 7) is 14.7. The molecule has 4 aliphatic rings. The maximum absolute atomic E-state index is 14.4. The first-order chi connectivity index (χ1) is 31.3. The minimum Gasteiger partial charge on any atom is -0.459 e. The molecule has 0 spiro atoms. The highest BCUT2D eigenvalue weighted by molar-refractivity contribution is 6.00. The van der Waals surface area contributed by atoms with Gasteiger partial charge >= 0.3 is 5.97 Å². The zero-order valence-electron chi connectivity index (χ0n) is 39.9. The zero-order valence-corrected chi connectivity index (χ0v) is 39.9. The van der Waals surface area contributed by atoms with Crippen molar-refractivity contribution in [3.63, 3.8) is 0 Å². The van der Waals surface area contributed by atoms with Crippen molar-refractivity contribution < 1.29 is 53.6 Å². The summed E-state index contributed by atoms with van der Waals surface area (Å²) in [6.07, 6.45) is 1.35. The van der Waals surface area contributed by atoms with E-state index in [1.807, 2.05) is 31.8 Å². The van der Waals surface area contributed by atoms with Gasteiger partial charge in [-0.05, 0) is 98.2 Å². The molecule has 4 N–H and O–H groups in total. The number of fused-ring (bicyclic) bond motifs is 2. The third kappa shape index (κ3) is 12.2. The first kappa shape index (κ1) is 51.4. The van der Waals surface area contributed by atoms with Crippen LogP contribution in [0, 0.1) is 33.8 Å². The van der Waals surface area contributed by atoms with Gasteiger partial charge < -0.3 is 49.3 Å². The lowest BCUT2D eigenvalue weighted by Gasteiger charge is -2.46. The van der Waals surface area contributed by atoms with Gasteiger partial charge in [-0.3, -0.25) is 24.4 Å². The number of hydrogen-bond donors (Lipinski definition) is 4. The summed E-state index contributed by atoms with van der Waals surface area (Å²) >= 11 is 0. The summed E-state index contributed by atoms with van der Waals surface area (Å²) in [4.78, 5) is 46.8. The minimum atomic E-state index is -1.90. The molecule has 1 aromatic heterocycles. The number of ketones is 1. The van der Waals surface area contributed by atoms with Gasteiger partial charge in [0.1, 0.15) is 29.8 Å². The SMILES string of the molecule is CC[C@H]1OC(=O)[C@H](C)C(=O)[C@H](C)[C@@H](O[C@@H]2O[C@H](C)C[C@H](N(C)CCc3cn(CCCCc4ccc([N+](=O)[O-])cc4)nn3)[C@H]2O)[C@@]2(C)C[C@@H](CO2)/C(=N\O[C@@H]2CCCNC2)[C@H](C)[C@@H](O)[C@]1(C)O. The van der Waals surface area contributed by atoms with Crippen LogP contribution >= 0.6 is 0 Å². The van der Waals surface area contributed by atoms with Gasteiger partial charge in [0.05, 0.1) is 46.8 Å². The van der Waals surface area contributed by atoms with E-state index in [0.717, 1.165) is 49.9 Å². The molecule has 6 rings (SSSR count). The van der Waals surface area contributed by atoms with Crippen LogP contribution < -0.4 is 5.32 Å². The van der Waals surface area contributed by atoms with Crippen molar-refractivity contribution in [1.82, 2.24) is 25.2 Å². The topological polar surface area (TPSA) is 242 Å². The molecule has 0 unspecified atom stereocenters. The summed E-state index contributed by atoms with van der Waals surface area (Å²) in [5.74, 6) is -4.67. The number of rotatable bonds is 15. The van der Waals surface area contributed by atoms with Gasteiger partial charge in [-0.1, -0.05) is 43.3 Å². The average molecular weight is 928 g/mol. The summed E-state index contributed by atoms with van der Waals surface area (Å²) in [5, 5.41) is 63.4. The molecule has 19 nitrogen and oxygen atoms in total. The molecule has 19 heteroatoms. The number of nitro benzene ring substituents is 1. The number of ether oxygens (including phenoxy) is 4. The van der Waals surface area contributed by atoms with Crippen LogP contribution in [-0.4, -0.2) is 151 Å². The van der Waals surface area contributed by atoms with Crippen LogP contribution in [0.25, 0.3) is 0 Å². The van der Waals surface area contributed by atoms with Crippen molar-refractivity contribution in [2.75, 3.05) is 33.3 Å². The van der Waals surface area contributed by atoms with Gasteiger partial charge in [0, 0.05) is 68.2 Å². The zero-order chi connectivity index (χ0) is 47.9. The number of hydrogen-bond acceptors (Lipinski definition) is 17. The third-order valence-corrected chi connectivity index (χ3v) is 14.4. The highest BCUT2D eigenvalue weighted by atomic mass is 16.7. The monoisotopic (exact) mass is 928 g/mol. The molecule has 0 amide bonds. The lowest BCUT2D eigenvalue weighted by molar-refractivity contribution is -0.384. The van der Waals surface area contributed by atoms with E-state index in [0.29, 0.717) is 38.2 Å². The predicted octanol–water partition coefficient (Wildman–Crippen LogP) is 3.78. The molecule has 2 bridgehead atoms. The Morgan fingerprint density at radius 3 is 2.52 bits per heavy atom. The summed E-state index contributed by atoms with van der Waals surface area (Å²) in [6, 6.07) is 6.24. The lowest BCUT2D eigenvalue weighted by Crippen LogP contribution is -2.59. The van der Waals surface area contributed by atoms with E-state index in [9.17, 15) is 35.0 Å². The van der Waals surface area contributed by atoms with Gasteiger partial charge in [0.15, 0.2) is 12.1 Å². The van der Waals surface area contributed by atoms with Crippen molar-refractivity contribution in [2.45, 2.75) is 173 Å². The van der Waals surface area contributed by atoms with E-state index < -0.39 is 82.3 Å². The number of esters is 1. The largest absolute Gasteiger partial charge is 0.459 e. The fourth-order valence-electron chi connectivity index (χ4n) is 10.2. The number of carbonyl (C=O) groups is 2. The number of Topliss-reactive ketones (excluding diaryl/α,β-unsaturated/α-hetero) is 1. The van der Waals surface area contributed by atoms with Crippen molar-refractivity contribution in [3.8, 4) is 0 Å². The van der Waals surface area contributed by atoms with Crippen LogP contribution in [0.4, 0.5) is 5.69 Å². The Morgan fingerprint density at radius 2 is 1.83 bits per heavy atom. The molecule has 2 aromatic rings. The van der Waals surface area contributed by atoms with Crippen molar-refractivity contribution >= 4 is 23.2 Å². The van der Waals surface area contributed by atoms with Crippen LogP contribution in [0.1, 0.15) is 105 Å². The molecule has 368 valence electrons. The molecule has 0 radical (unpaired) electrons. The molecule has 66 heavy (non-hydrogen) atoms. The Hall–Kier alpha value is -3.95. The van der Waals surface area contributed by atoms with E-state index in [-0.39, 0.29) is 43.4 Å². The van der Waals surface area contributed by atoms with Gasteiger partial charge in [-0.25, -0.2) is 0 Å². The fraction of sp³-hybridized carbons (Fsp3) is 0.766. The van der Waals surface area contributed by atoms with Crippen LogP contribution in [0.2, 0.25) is 0 Å². The summed E-state index contributed by atoms with van der Waals surface area (Å²) in [7, 11) is 1.93. The van der Waals surface area contributed by atoms with Gasteiger partial charge in [-0.2, -0.15) is 0 Å². The van der Waals surface area contributed by atoms with Crippen molar-refractivity contribution in [3.05, 3.63) is 51.8 Å². The number of cyclic esters (lactones) is 1. The number of aryl methyl sites for hydroxylation is 2. The van der Waals surface area contributed by atoms with Gasteiger partial charge in [-0.15, -0.1) is 5.10 Å². The number of aliphatic hydroxyl groups excluding tert-OH is 2. The number of carbonyl (C=O) groups excluding carboxylic acids is 2. The molecule has 4 fully saturated rings. The number of piperidine rings is 1. The Morgan fingerprint density at radius 1 is 1.09 bits per heavy atom. The first-order valence-corrected chi connectivity index (χ1v) is 23.9. The number of oxime groups is 1. The standard InChI is InChI=1S/C47H73N7O12/c1-9-38-47(7,59)42(57)29(3)39(50-66-36-14-12-20-48-25-36)33-24-46(6,62-27-33)43(30(4)40(55)31(5)44(58)64-38)65-45-41(56)37(23-28(2)63-45)52(8)22-19-34-26-53(51-49-34)21-11-10-13-32-15-17-35(18-16-32)54(60)61/h15-18,26,28-31,33,36-38,41-43,45,48,56-57,59H,9-14,19-25,27H2,1-8H3/b50-39-/t28-,29+,30+,31-,33+,36-,37+,38-,41-,42-,43-,45+,46-,47-/m1/s1. The molecule has 5 heterocycles.